The van der Waals surface area contributed by atoms with Crippen molar-refractivity contribution in [1.29, 1.82) is 0 Å². The highest BCUT2D eigenvalue weighted by Crippen LogP contribution is 2.63. The Morgan fingerprint density at radius 2 is 1.92 bits per heavy atom. The summed E-state index contributed by atoms with van der Waals surface area (Å²) in [5.74, 6) is 0.537. The topological polar surface area (TPSA) is 80.9 Å². The van der Waals surface area contributed by atoms with Crippen molar-refractivity contribution in [2.75, 3.05) is 13.2 Å². The number of hydrogen-bond acceptors (Lipinski definition) is 4. The number of aliphatic hydroxyl groups excluding tert-OH is 4. The van der Waals surface area contributed by atoms with Crippen LogP contribution in [0.25, 0.3) is 0 Å². The maximum Gasteiger partial charge on any atom is 0.0756 e. The Labute approximate surface area is 144 Å². The normalized spacial score (nSPS) is 48.2. The van der Waals surface area contributed by atoms with E-state index in [0.29, 0.717) is 12.8 Å². The zero-order chi connectivity index (χ0) is 17.7. The van der Waals surface area contributed by atoms with Gasteiger partial charge in [-0.05, 0) is 60.5 Å². The van der Waals surface area contributed by atoms with Crippen molar-refractivity contribution in [3.05, 3.63) is 23.8 Å². The minimum absolute atomic E-state index is 0.00666. The quantitative estimate of drug-likeness (QED) is 0.595. The third kappa shape index (κ3) is 2.50. The maximum atomic E-state index is 10.8. The fourth-order valence-electron chi connectivity index (χ4n) is 5.91. The molecule has 0 aromatic rings. The predicted molar refractivity (Wildman–Crippen MR) is 93.2 cm³/mol. The Balaban J connectivity index is 1.98. The Morgan fingerprint density at radius 1 is 1.21 bits per heavy atom. The second-order valence-corrected chi connectivity index (χ2v) is 8.75. The molecule has 0 spiro atoms. The van der Waals surface area contributed by atoms with E-state index in [1.165, 1.54) is 0 Å². The van der Waals surface area contributed by atoms with E-state index in [1.54, 1.807) is 0 Å². The molecule has 0 aromatic heterocycles. The monoisotopic (exact) mass is 336 g/mol. The first-order valence-electron chi connectivity index (χ1n) is 9.25. The van der Waals surface area contributed by atoms with Crippen LogP contribution in [0.4, 0.5) is 0 Å². The van der Waals surface area contributed by atoms with Crippen LogP contribution in [0.1, 0.15) is 46.0 Å². The smallest absolute Gasteiger partial charge is 0.0756 e. The lowest BCUT2D eigenvalue weighted by Gasteiger charge is -2.61. The van der Waals surface area contributed by atoms with Crippen molar-refractivity contribution < 1.29 is 20.4 Å². The zero-order valence-corrected chi connectivity index (χ0v) is 14.9. The number of allylic oxidation sites excluding steroid dienone is 1. The lowest BCUT2D eigenvalue weighted by Crippen LogP contribution is -2.60. The van der Waals surface area contributed by atoms with Gasteiger partial charge >= 0.3 is 0 Å². The molecule has 7 unspecified atom stereocenters. The first kappa shape index (κ1) is 18.1. The molecule has 0 bridgehead atoms. The predicted octanol–water partition coefficient (Wildman–Crippen LogP) is 2.03. The summed E-state index contributed by atoms with van der Waals surface area (Å²) in [6.07, 6.45) is 5.23. The van der Waals surface area contributed by atoms with Crippen LogP contribution in [0.2, 0.25) is 0 Å². The van der Waals surface area contributed by atoms with E-state index in [4.69, 9.17) is 0 Å². The molecule has 24 heavy (non-hydrogen) atoms. The summed E-state index contributed by atoms with van der Waals surface area (Å²) in [4.78, 5) is 0. The van der Waals surface area contributed by atoms with Crippen molar-refractivity contribution in [1.82, 2.24) is 0 Å². The summed E-state index contributed by atoms with van der Waals surface area (Å²) >= 11 is 0. The maximum absolute atomic E-state index is 10.8. The Morgan fingerprint density at radius 3 is 2.54 bits per heavy atom. The molecule has 0 heterocycles. The van der Waals surface area contributed by atoms with Gasteiger partial charge in [0.15, 0.2) is 0 Å². The SMILES string of the molecule is C=C(CO)C1C=C2C(O)CC3C(C)(CO)C(O)CCC3(C)C2CC1. The fourth-order valence-corrected chi connectivity index (χ4v) is 5.91. The van der Waals surface area contributed by atoms with Crippen LogP contribution in [0.5, 0.6) is 0 Å². The van der Waals surface area contributed by atoms with Gasteiger partial charge in [0, 0.05) is 11.3 Å². The summed E-state index contributed by atoms with van der Waals surface area (Å²) in [5, 5.41) is 40.7. The molecule has 0 saturated heterocycles. The molecule has 4 heteroatoms. The lowest BCUT2D eigenvalue weighted by atomic mass is 9.44. The Kier molecular flexibility index (Phi) is 4.71. The minimum atomic E-state index is -0.551. The van der Waals surface area contributed by atoms with Crippen LogP contribution in [-0.2, 0) is 0 Å². The first-order chi connectivity index (χ1) is 11.3. The Bertz CT molecular complexity index is 542. The van der Waals surface area contributed by atoms with Crippen molar-refractivity contribution in [2.24, 2.45) is 28.6 Å². The number of rotatable bonds is 3. The van der Waals surface area contributed by atoms with E-state index < -0.39 is 17.6 Å². The summed E-state index contributed by atoms with van der Waals surface area (Å²) in [6.45, 7) is 8.16. The van der Waals surface area contributed by atoms with Gasteiger partial charge in [-0.25, -0.2) is 0 Å². The van der Waals surface area contributed by atoms with Crippen LogP contribution < -0.4 is 0 Å². The first-order valence-corrected chi connectivity index (χ1v) is 9.25. The van der Waals surface area contributed by atoms with Crippen molar-refractivity contribution in [2.45, 2.75) is 58.2 Å². The van der Waals surface area contributed by atoms with Crippen LogP contribution in [0.3, 0.4) is 0 Å². The second kappa shape index (κ2) is 6.24. The summed E-state index contributed by atoms with van der Waals surface area (Å²) in [6, 6.07) is 0. The molecule has 0 aromatic carbocycles. The molecule has 3 rings (SSSR count). The highest BCUT2D eigenvalue weighted by molar-refractivity contribution is 5.29. The molecule has 3 aliphatic rings. The number of aliphatic hydroxyl groups is 4. The standard InChI is InChI=1S/C20H32O4/c1-12(10-21)13-4-5-15-14(8-13)16(23)9-17-19(15,2)7-6-18(24)20(17,3)11-22/h8,13,15-18,21-24H,1,4-7,9-11H2,2-3H3. The van der Waals surface area contributed by atoms with Crippen LogP contribution >= 0.6 is 0 Å². The largest absolute Gasteiger partial charge is 0.396 e. The van der Waals surface area contributed by atoms with Gasteiger partial charge in [-0.15, -0.1) is 0 Å². The molecular formula is C20H32O4. The fraction of sp³-hybridized carbons (Fsp3) is 0.800. The molecule has 4 nitrogen and oxygen atoms in total. The molecule has 3 aliphatic carbocycles. The van der Waals surface area contributed by atoms with E-state index >= 15 is 0 Å². The van der Waals surface area contributed by atoms with Crippen molar-refractivity contribution >= 4 is 0 Å². The van der Waals surface area contributed by atoms with Gasteiger partial charge in [-0.2, -0.15) is 0 Å². The van der Waals surface area contributed by atoms with Gasteiger partial charge in [0.05, 0.1) is 25.4 Å². The highest BCUT2D eigenvalue weighted by atomic mass is 16.3. The van der Waals surface area contributed by atoms with Gasteiger partial charge in [0.2, 0.25) is 0 Å². The Hall–Kier alpha value is -0.680. The summed E-state index contributed by atoms with van der Waals surface area (Å²) in [5.41, 5.74) is 1.36. The van der Waals surface area contributed by atoms with Gasteiger partial charge in [-0.1, -0.05) is 26.5 Å². The molecule has 7 atom stereocenters. The summed E-state index contributed by atoms with van der Waals surface area (Å²) in [7, 11) is 0. The van der Waals surface area contributed by atoms with Crippen molar-refractivity contribution in [3.8, 4) is 0 Å². The highest BCUT2D eigenvalue weighted by Gasteiger charge is 2.59. The van der Waals surface area contributed by atoms with Crippen LogP contribution in [-0.4, -0.2) is 45.8 Å². The van der Waals surface area contributed by atoms with E-state index in [-0.39, 0.29) is 36.4 Å². The molecule has 0 radical (unpaired) electrons. The van der Waals surface area contributed by atoms with E-state index in [2.05, 4.69) is 19.6 Å². The second-order valence-electron chi connectivity index (χ2n) is 8.75. The van der Waals surface area contributed by atoms with E-state index in [0.717, 1.165) is 30.4 Å². The zero-order valence-electron chi connectivity index (χ0n) is 14.9. The average molecular weight is 336 g/mol. The third-order valence-electron chi connectivity index (χ3n) is 7.58. The summed E-state index contributed by atoms with van der Waals surface area (Å²) < 4.78 is 0. The van der Waals surface area contributed by atoms with Crippen molar-refractivity contribution in [3.63, 3.8) is 0 Å². The van der Waals surface area contributed by atoms with E-state index in [1.807, 2.05) is 6.92 Å². The van der Waals surface area contributed by atoms with Gasteiger partial charge in [-0.3, -0.25) is 0 Å². The van der Waals surface area contributed by atoms with Crippen LogP contribution in [0, 0.1) is 28.6 Å². The van der Waals surface area contributed by atoms with Gasteiger partial charge < -0.3 is 20.4 Å². The number of hydrogen-bond donors (Lipinski definition) is 4. The number of fused-ring (bicyclic) bond motifs is 3. The molecule has 2 saturated carbocycles. The van der Waals surface area contributed by atoms with E-state index in [9.17, 15) is 20.4 Å². The average Bonchev–Trinajstić information content (AvgIpc) is 2.60. The molecule has 0 aliphatic heterocycles. The third-order valence-corrected chi connectivity index (χ3v) is 7.58. The molecule has 4 N–H and O–H groups in total. The van der Waals surface area contributed by atoms with Gasteiger partial charge in [0.1, 0.15) is 0 Å². The molecule has 0 amide bonds. The molecule has 136 valence electrons. The van der Waals surface area contributed by atoms with Gasteiger partial charge in [0.25, 0.3) is 0 Å². The minimum Gasteiger partial charge on any atom is -0.396 e. The molecule has 2 fully saturated rings. The van der Waals surface area contributed by atoms with Crippen LogP contribution in [0.15, 0.2) is 23.8 Å². The molecular weight excluding hydrogens is 304 g/mol. The lowest BCUT2D eigenvalue weighted by molar-refractivity contribution is -0.166.